The van der Waals surface area contributed by atoms with Crippen LogP contribution in [0.2, 0.25) is 0 Å². The Balaban J connectivity index is 2.02. The average Bonchev–Trinajstić information content (AvgIpc) is 2.78. The van der Waals surface area contributed by atoms with Crippen LogP contribution in [0.25, 0.3) is 31.7 Å². The van der Waals surface area contributed by atoms with Gasteiger partial charge in [-0.1, -0.05) is 30.3 Å². The second-order valence-corrected chi connectivity index (χ2v) is 9.38. The van der Waals surface area contributed by atoms with Gasteiger partial charge >= 0.3 is 0 Å². The molecule has 1 heterocycles. The molecule has 3 aromatic carbocycles. The normalized spacial score (nSPS) is 11.5. The maximum Gasteiger partial charge on any atom is 0.238 e. The second-order valence-electron chi connectivity index (χ2n) is 6.77. The van der Waals surface area contributed by atoms with Crippen LogP contribution in [0.4, 0.5) is 0 Å². The number of fused-ring (bicyclic) bond motifs is 1. The van der Waals surface area contributed by atoms with E-state index in [1.165, 1.54) is 30.6 Å². The first-order valence-corrected chi connectivity index (χ1v) is 11.6. The van der Waals surface area contributed by atoms with E-state index in [4.69, 9.17) is 14.6 Å². The molecule has 4 aromatic rings. The Kier molecular flexibility index (Phi) is 5.53. The Morgan fingerprint density at radius 1 is 0.839 bits per heavy atom. The highest BCUT2D eigenvalue weighted by molar-refractivity contribution is 7.89. The van der Waals surface area contributed by atoms with Gasteiger partial charge in [0.15, 0.2) is 16.9 Å². The monoisotopic (exact) mass is 453 g/mol. The summed E-state index contributed by atoms with van der Waals surface area (Å²) in [5.41, 5.74) is 1.78. The molecule has 0 spiro atoms. The number of rotatable bonds is 5. The third-order valence-corrected chi connectivity index (χ3v) is 7.06. The number of hydrogen-bond acceptors (Lipinski definition) is 6. The van der Waals surface area contributed by atoms with Crippen LogP contribution in [0.1, 0.15) is 0 Å². The van der Waals surface area contributed by atoms with E-state index in [-0.39, 0.29) is 10.3 Å². The van der Waals surface area contributed by atoms with Crippen molar-refractivity contribution in [2.45, 2.75) is 4.90 Å². The van der Waals surface area contributed by atoms with Gasteiger partial charge in [0.2, 0.25) is 10.0 Å². The van der Waals surface area contributed by atoms with Gasteiger partial charge in [0.1, 0.15) is 0 Å². The maximum absolute atomic E-state index is 13.5. The molecule has 0 bridgehead atoms. The Morgan fingerprint density at radius 3 is 2.13 bits per heavy atom. The van der Waals surface area contributed by atoms with E-state index in [0.29, 0.717) is 33.6 Å². The van der Waals surface area contributed by atoms with Gasteiger partial charge in [-0.2, -0.15) is 0 Å². The van der Waals surface area contributed by atoms with Gasteiger partial charge in [-0.15, -0.1) is 11.3 Å². The van der Waals surface area contributed by atoms with Crippen molar-refractivity contribution in [2.24, 2.45) is 5.14 Å². The Bertz CT molecular complexity index is 1440. The first kappa shape index (κ1) is 21.0. The van der Waals surface area contributed by atoms with E-state index in [0.717, 1.165) is 9.58 Å². The molecule has 6 nitrogen and oxygen atoms in total. The molecule has 0 saturated carbocycles. The largest absolute Gasteiger partial charge is 0.493 e. The SMILES string of the molecule is COc1ccc(-c2c(-c3ccc(S(N)(=O)=O)cc3)sc3ccccc3c2=O)cc1OC. The lowest BCUT2D eigenvalue weighted by Gasteiger charge is -2.14. The number of ether oxygens (including phenoxy) is 2. The molecule has 8 heteroatoms. The number of primary sulfonamides is 1. The van der Waals surface area contributed by atoms with E-state index in [1.807, 2.05) is 24.3 Å². The number of nitrogens with two attached hydrogens (primary N) is 1. The number of sulfonamides is 1. The Labute approximate surface area is 183 Å². The summed E-state index contributed by atoms with van der Waals surface area (Å²) in [6.07, 6.45) is 0. The fraction of sp³-hybridized carbons (Fsp3) is 0.0870. The summed E-state index contributed by atoms with van der Waals surface area (Å²) >= 11 is 1.46. The standard InChI is InChI=1S/C23H19NO5S2/c1-28-18-12-9-15(13-19(18)29-2)21-22(25)17-5-3-4-6-20(17)30-23(21)14-7-10-16(11-8-14)31(24,26)27/h3-13H,1-2H3,(H2,24,26,27). The molecule has 0 aliphatic rings. The van der Waals surface area contributed by atoms with Crippen LogP contribution in [0.3, 0.4) is 0 Å². The van der Waals surface area contributed by atoms with Gasteiger partial charge in [-0.05, 0) is 47.5 Å². The van der Waals surface area contributed by atoms with Crippen molar-refractivity contribution >= 4 is 31.4 Å². The van der Waals surface area contributed by atoms with Crippen LogP contribution < -0.4 is 20.0 Å². The van der Waals surface area contributed by atoms with Gasteiger partial charge < -0.3 is 9.47 Å². The minimum absolute atomic E-state index is 0.0112. The van der Waals surface area contributed by atoms with Gasteiger partial charge in [0.05, 0.1) is 19.1 Å². The fourth-order valence-electron chi connectivity index (χ4n) is 3.40. The molecule has 31 heavy (non-hydrogen) atoms. The highest BCUT2D eigenvalue weighted by Crippen LogP contribution is 2.39. The minimum Gasteiger partial charge on any atom is -0.493 e. The van der Waals surface area contributed by atoms with Crippen molar-refractivity contribution in [3.8, 4) is 33.1 Å². The molecule has 0 aliphatic heterocycles. The van der Waals surface area contributed by atoms with Crippen LogP contribution in [-0.4, -0.2) is 22.6 Å². The lowest BCUT2D eigenvalue weighted by atomic mass is 10.00. The maximum atomic E-state index is 13.5. The lowest BCUT2D eigenvalue weighted by molar-refractivity contribution is 0.355. The molecule has 0 unspecified atom stereocenters. The Morgan fingerprint density at radius 2 is 1.48 bits per heavy atom. The van der Waals surface area contributed by atoms with Crippen LogP contribution in [-0.2, 0) is 10.0 Å². The zero-order valence-electron chi connectivity index (χ0n) is 16.8. The minimum atomic E-state index is -3.81. The molecule has 0 amide bonds. The van der Waals surface area contributed by atoms with Gasteiger partial charge in [0, 0.05) is 20.5 Å². The molecule has 0 aliphatic carbocycles. The molecule has 158 valence electrons. The van der Waals surface area contributed by atoms with Gasteiger partial charge in [-0.25, -0.2) is 13.6 Å². The van der Waals surface area contributed by atoms with Crippen molar-refractivity contribution < 1.29 is 17.9 Å². The third kappa shape index (κ3) is 3.93. The number of benzene rings is 3. The highest BCUT2D eigenvalue weighted by Gasteiger charge is 2.18. The summed E-state index contributed by atoms with van der Waals surface area (Å²) in [4.78, 5) is 14.3. The van der Waals surface area contributed by atoms with Crippen molar-refractivity contribution in [1.29, 1.82) is 0 Å². The summed E-state index contributed by atoms with van der Waals surface area (Å²) in [6, 6.07) is 18.9. The van der Waals surface area contributed by atoms with E-state index in [1.54, 1.807) is 37.4 Å². The topological polar surface area (TPSA) is 95.7 Å². The first-order valence-electron chi connectivity index (χ1n) is 9.25. The molecule has 0 atom stereocenters. The summed E-state index contributed by atoms with van der Waals surface area (Å²) in [6.45, 7) is 0. The predicted octanol–water partition coefficient (Wildman–Crippen LogP) is 4.26. The molecule has 0 fully saturated rings. The van der Waals surface area contributed by atoms with Crippen molar-refractivity contribution in [1.82, 2.24) is 0 Å². The summed E-state index contributed by atoms with van der Waals surface area (Å²) in [5, 5.41) is 5.84. The summed E-state index contributed by atoms with van der Waals surface area (Å²) in [5.74, 6) is 1.07. The fourth-order valence-corrected chi connectivity index (χ4v) is 5.11. The predicted molar refractivity (Wildman–Crippen MR) is 123 cm³/mol. The van der Waals surface area contributed by atoms with Crippen LogP contribution in [0.15, 0.2) is 76.4 Å². The van der Waals surface area contributed by atoms with Gasteiger partial charge in [0.25, 0.3) is 0 Å². The van der Waals surface area contributed by atoms with Crippen LogP contribution in [0, 0.1) is 0 Å². The second kappa shape index (κ2) is 8.14. The summed E-state index contributed by atoms with van der Waals surface area (Å²) in [7, 11) is -0.726. The van der Waals surface area contributed by atoms with E-state index >= 15 is 0 Å². The molecule has 2 N–H and O–H groups in total. The number of hydrogen-bond donors (Lipinski definition) is 1. The van der Waals surface area contributed by atoms with Crippen molar-refractivity contribution in [2.75, 3.05) is 14.2 Å². The highest BCUT2D eigenvalue weighted by atomic mass is 32.2. The van der Waals surface area contributed by atoms with Crippen LogP contribution >= 0.6 is 11.3 Å². The van der Waals surface area contributed by atoms with Crippen molar-refractivity contribution in [3.63, 3.8) is 0 Å². The Hall–Kier alpha value is -3.20. The third-order valence-electron chi connectivity index (χ3n) is 4.92. The smallest absolute Gasteiger partial charge is 0.238 e. The first-order chi connectivity index (χ1) is 14.8. The number of methoxy groups -OCH3 is 2. The van der Waals surface area contributed by atoms with Crippen molar-refractivity contribution in [3.05, 3.63) is 77.0 Å². The van der Waals surface area contributed by atoms with E-state index in [9.17, 15) is 13.2 Å². The molecule has 4 rings (SSSR count). The average molecular weight is 454 g/mol. The molecular weight excluding hydrogens is 434 g/mol. The van der Waals surface area contributed by atoms with Gasteiger partial charge in [-0.3, -0.25) is 4.79 Å². The van der Waals surface area contributed by atoms with E-state index in [2.05, 4.69) is 0 Å². The quantitative estimate of drug-likeness (QED) is 0.487. The zero-order chi connectivity index (χ0) is 22.2. The van der Waals surface area contributed by atoms with E-state index < -0.39 is 10.0 Å². The molecule has 0 radical (unpaired) electrons. The molecular formula is C23H19NO5S2. The lowest BCUT2D eigenvalue weighted by Crippen LogP contribution is -2.11. The zero-order valence-corrected chi connectivity index (χ0v) is 18.4. The van der Waals surface area contributed by atoms with Crippen LogP contribution in [0.5, 0.6) is 11.5 Å². The molecule has 0 saturated heterocycles. The molecule has 1 aromatic heterocycles. The summed E-state index contributed by atoms with van der Waals surface area (Å²) < 4.78 is 34.8.